The summed E-state index contributed by atoms with van der Waals surface area (Å²) in [4.78, 5) is 15.6. The van der Waals surface area contributed by atoms with Crippen molar-refractivity contribution in [1.82, 2.24) is 9.55 Å². The molecule has 0 amide bonds. The van der Waals surface area contributed by atoms with Gasteiger partial charge in [0, 0.05) is 5.02 Å². The Bertz CT molecular complexity index is 548. The number of imidazole rings is 1. The zero-order chi connectivity index (χ0) is 13.1. The second-order valence-electron chi connectivity index (χ2n) is 3.91. The van der Waals surface area contributed by atoms with E-state index in [9.17, 15) is 4.79 Å². The highest BCUT2D eigenvalue weighted by Gasteiger charge is 2.17. The maximum atomic E-state index is 11.6. The molecule has 0 bridgehead atoms. The molecule has 0 radical (unpaired) electrons. The first-order chi connectivity index (χ1) is 8.63. The standard InChI is InChI=1S/C13H13ClN2O2/c1-9(10-3-5-11(14)6-4-10)16-8-15-7-12(16)13(17)18-2/h3-9H,1-2H3. The van der Waals surface area contributed by atoms with Crippen LogP contribution in [0.4, 0.5) is 0 Å². The Labute approximate surface area is 110 Å². The number of carbonyl (C=O) groups excluding carboxylic acids is 1. The number of hydrogen-bond acceptors (Lipinski definition) is 3. The summed E-state index contributed by atoms with van der Waals surface area (Å²) in [5.41, 5.74) is 1.47. The number of esters is 1. The van der Waals surface area contributed by atoms with E-state index in [-0.39, 0.29) is 6.04 Å². The number of rotatable bonds is 3. The minimum atomic E-state index is -0.395. The molecule has 1 aromatic heterocycles. The molecule has 0 N–H and O–H groups in total. The van der Waals surface area contributed by atoms with Gasteiger partial charge in [-0.2, -0.15) is 0 Å². The van der Waals surface area contributed by atoms with E-state index < -0.39 is 5.97 Å². The van der Waals surface area contributed by atoms with Crippen LogP contribution in [0.15, 0.2) is 36.8 Å². The zero-order valence-electron chi connectivity index (χ0n) is 10.1. The molecule has 0 saturated heterocycles. The summed E-state index contributed by atoms with van der Waals surface area (Å²) in [6.45, 7) is 1.98. The molecule has 2 rings (SSSR count). The molecule has 1 heterocycles. The highest BCUT2D eigenvalue weighted by atomic mass is 35.5. The molecule has 0 aliphatic heterocycles. The highest BCUT2D eigenvalue weighted by Crippen LogP contribution is 2.21. The average Bonchev–Trinajstić information content (AvgIpc) is 2.87. The van der Waals surface area contributed by atoms with E-state index in [1.54, 1.807) is 10.9 Å². The van der Waals surface area contributed by atoms with Crippen molar-refractivity contribution in [1.29, 1.82) is 0 Å². The van der Waals surface area contributed by atoms with Crippen molar-refractivity contribution in [2.45, 2.75) is 13.0 Å². The van der Waals surface area contributed by atoms with Crippen molar-refractivity contribution < 1.29 is 9.53 Å². The molecule has 4 nitrogen and oxygen atoms in total. The molecular formula is C13H13ClN2O2. The molecule has 1 atom stereocenters. The molecule has 0 fully saturated rings. The minimum Gasteiger partial charge on any atom is -0.464 e. The largest absolute Gasteiger partial charge is 0.464 e. The van der Waals surface area contributed by atoms with Crippen LogP contribution in [0, 0.1) is 0 Å². The van der Waals surface area contributed by atoms with Gasteiger partial charge in [0.25, 0.3) is 0 Å². The Balaban J connectivity index is 2.34. The second-order valence-corrected chi connectivity index (χ2v) is 4.34. The highest BCUT2D eigenvalue weighted by molar-refractivity contribution is 6.30. The lowest BCUT2D eigenvalue weighted by Gasteiger charge is -2.16. The summed E-state index contributed by atoms with van der Waals surface area (Å²) >= 11 is 5.85. The average molecular weight is 265 g/mol. The smallest absolute Gasteiger partial charge is 0.356 e. The van der Waals surface area contributed by atoms with E-state index >= 15 is 0 Å². The molecule has 0 saturated carbocycles. The van der Waals surface area contributed by atoms with Gasteiger partial charge in [0.1, 0.15) is 5.69 Å². The summed E-state index contributed by atoms with van der Waals surface area (Å²) in [6.07, 6.45) is 3.11. The lowest BCUT2D eigenvalue weighted by molar-refractivity contribution is 0.0587. The SMILES string of the molecule is COC(=O)c1cncn1C(C)c1ccc(Cl)cc1. The number of aromatic nitrogens is 2. The van der Waals surface area contributed by atoms with E-state index in [2.05, 4.69) is 4.98 Å². The topological polar surface area (TPSA) is 44.1 Å². The first-order valence-corrected chi connectivity index (χ1v) is 5.87. The second kappa shape index (κ2) is 5.23. The third-order valence-electron chi connectivity index (χ3n) is 2.83. The monoisotopic (exact) mass is 264 g/mol. The number of nitrogens with zero attached hydrogens (tertiary/aromatic N) is 2. The minimum absolute atomic E-state index is 0.0149. The lowest BCUT2D eigenvalue weighted by Crippen LogP contribution is -2.14. The van der Waals surface area contributed by atoms with Gasteiger partial charge in [-0.3, -0.25) is 0 Å². The molecule has 1 unspecified atom stereocenters. The normalized spacial score (nSPS) is 12.2. The predicted molar refractivity (Wildman–Crippen MR) is 68.8 cm³/mol. The number of halogens is 1. The van der Waals surface area contributed by atoms with Crippen molar-refractivity contribution in [2.24, 2.45) is 0 Å². The fraction of sp³-hybridized carbons (Fsp3) is 0.231. The zero-order valence-corrected chi connectivity index (χ0v) is 10.9. The Kier molecular flexibility index (Phi) is 3.67. The van der Waals surface area contributed by atoms with Crippen molar-refractivity contribution in [3.63, 3.8) is 0 Å². The van der Waals surface area contributed by atoms with Crippen LogP contribution in [0.2, 0.25) is 5.02 Å². The van der Waals surface area contributed by atoms with E-state index in [1.807, 2.05) is 31.2 Å². The molecule has 18 heavy (non-hydrogen) atoms. The molecule has 5 heteroatoms. The van der Waals surface area contributed by atoms with Gasteiger partial charge in [-0.15, -0.1) is 0 Å². The quantitative estimate of drug-likeness (QED) is 0.801. The van der Waals surface area contributed by atoms with Crippen LogP contribution in [0.3, 0.4) is 0 Å². The molecule has 1 aromatic carbocycles. The maximum absolute atomic E-state index is 11.6. The maximum Gasteiger partial charge on any atom is 0.356 e. The summed E-state index contributed by atoms with van der Waals surface area (Å²) in [7, 11) is 1.35. The van der Waals surface area contributed by atoms with E-state index in [0.29, 0.717) is 10.7 Å². The van der Waals surface area contributed by atoms with Gasteiger partial charge >= 0.3 is 5.97 Å². The number of carbonyl (C=O) groups is 1. The summed E-state index contributed by atoms with van der Waals surface area (Å²) < 4.78 is 6.49. The van der Waals surface area contributed by atoms with Gasteiger partial charge in [-0.25, -0.2) is 9.78 Å². The molecular weight excluding hydrogens is 252 g/mol. The fourth-order valence-corrected chi connectivity index (χ4v) is 1.90. The van der Waals surface area contributed by atoms with Gasteiger partial charge in [0.05, 0.1) is 25.7 Å². The molecule has 2 aromatic rings. The fourth-order valence-electron chi connectivity index (χ4n) is 1.78. The summed E-state index contributed by atoms with van der Waals surface area (Å²) in [5.74, 6) is -0.395. The van der Waals surface area contributed by atoms with Crippen molar-refractivity contribution in [3.8, 4) is 0 Å². The Hall–Kier alpha value is -1.81. The van der Waals surface area contributed by atoms with Crippen LogP contribution in [0.25, 0.3) is 0 Å². The third-order valence-corrected chi connectivity index (χ3v) is 3.08. The molecule has 0 spiro atoms. The number of ether oxygens (including phenoxy) is 1. The Morgan fingerprint density at radius 1 is 1.39 bits per heavy atom. The first-order valence-electron chi connectivity index (χ1n) is 5.49. The van der Waals surface area contributed by atoms with E-state index in [1.165, 1.54) is 13.3 Å². The number of benzene rings is 1. The molecule has 0 aliphatic rings. The van der Waals surface area contributed by atoms with Crippen LogP contribution in [-0.2, 0) is 4.74 Å². The van der Waals surface area contributed by atoms with Crippen LogP contribution in [0.5, 0.6) is 0 Å². The van der Waals surface area contributed by atoms with Crippen LogP contribution >= 0.6 is 11.6 Å². The van der Waals surface area contributed by atoms with Gasteiger partial charge in [-0.1, -0.05) is 23.7 Å². The van der Waals surface area contributed by atoms with E-state index in [0.717, 1.165) is 5.56 Å². The third kappa shape index (κ3) is 2.38. The van der Waals surface area contributed by atoms with Gasteiger partial charge < -0.3 is 9.30 Å². The van der Waals surface area contributed by atoms with Gasteiger partial charge in [-0.05, 0) is 24.6 Å². The Morgan fingerprint density at radius 3 is 2.67 bits per heavy atom. The van der Waals surface area contributed by atoms with Gasteiger partial charge in [0.2, 0.25) is 0 Å². The molecule has 94 valence electrons. The number of hydrogen-bond donors (Lipinski definition) is 0. The van der Waals surface area contributed by atoms with Crippen molar-refractivity contribution in [2.75, 3.05) is 7.11 Å². The molecule has 0 aliphatic carbocycles. The van der Waals surface area contributed by atoms with Crippen LogP contribution in [-0.4, -0.2) is 22.6 Å². The predicted octanol–water partition coefficient (Wildman–Crippen LogP) is 2.93. The summed E-state index contributed by atoms with van der Waals surface area (Å²) in [6, 6.07) is 7.48. The van der Waals surface area contributed by atoms with Gasteiger partial charge in [0.15, 0.2) is 0 Å². The van der Waals surface area contributed by atoms with E-state index in [4.69, 9.17) is 16.3 Å². The van der Waals surface area contributed by atoms with Crippen molar-refractivity contribution >= 4 is 17.6 Å². The Morgan fingerprint density at radius 2 is 2.06 bits per heavy atom. The van der Waals surface area contributed by atoms with Crippen LogP contribution in [0.1, 0.15) is 29.0 Å². The summed E-state index contributed by atoms with van der Waals surface area (Å²) in [5, 5.41) is 0.685. The van der Waals surface area contributed by atoms with Crippen molar-refractivity contribution in [3.05, 3.63) is 53.1 Å². The number of methoxy groups -OCH3 is 1. The van der Waals surface area contributed by atoms with Crippen LogP contribution < -0.4 is 0 Å². The first kappa shape index (κ1) is 12.6. The lowest BCUT2D eigenvalue weighted by atomic mass is 10.1.